The van der Waals surface area contributed by atoms with Crippen LogP contribution in [0.4, 0.5) is 0 Å². The number of nitrogens with zero attached hydrogens (tertiary/aromatic N) is 2. The predicted octanol–water partition coefficient (Wildman–Crippen LogP) is 2.47. The molecule has 0 aliphatic carbocycles. The van der Waals surface area contributed by atoms with E-state index in [0.29, 0.717) is 0 Å². The second kappa shape index (κ2) is 5.32. The van der Waals surface area contributed by atoms with Crippen LogP contribution in [-0.2, 0) is 0 Å². The zero-order valence-electron chi connectivity index (χ0n) is 9.92. The fraction of sp³-hybridized carbons (Fsp3) is 1.00. The number of piperazine rings is 3. The molecule has 0 spiro atoms. The summed E-state index contributed by atoms with van der Waals surface area (Å²) >= 11 is 2.69. The second-order valence-corrected chi connectivity index (χ2v) is 6.62. The van der Waals surface area contributed by atoms with Gasteiger partial charge in [0, 0.05) is 13.1 Å². The maximum Gasteiger partial charge on any atom is 0.152 e. The highest BCUT2D eigenvalue weighted by atomic mass is 127. The summed E-state index contributed by atoms with van der Waals surface area (Å²) in [7, 11) is 0. The smallest absolute Gasteiger partial charge is 0.152 e. The number of quaternary nitrogens is 1. The molecular weight excluding hydrogens is 299 g/mol. The minimum absolute atomic E-state index is 0.867. The number of alkyl halides is 1. The Labute approximate surface area is 108 Å². The van der Waals surface area contributed by atoms with E-state index in [9.17, 15) is 0 Å². The van der Waals surface area contributed by atoms with Crippen molar-refractivity contribution in [1.29, 1.82) is 0 Å². The van der Waals surface area contributed by atoms with Crippen molar-refractivity contribution in [2.24, 2.45) is 0 Å². The zero-order valence-corrected chi connectivity index (χ0v) is 12.1. The molecule has 0 radical (unpaired) electrons. The molecule has 3 aliphatic rings. The van der Waals surface area contributed by atoms with Gasteiger partial charge in [-0.3, -0.25) is 4.90 Å². The highest BCUT2D eigenvalue weighted by molar-refractivity contribution is 14.1. The van der Waals surface area contributed by atoms with E-state index in [0.717, 1.165) is 4.05 Å². The first-order valence-electron chi connectivity index (χ1n) is 6.49. The third-order valence-electron chi connectivity index (χ3n) is 4.18. The Morgan fingerprint density at radius 1 is 1.20 bits per heavy atom. The molecule has 88 valence electrons. The highest BCUT2D eigenvalue weighted by Crippen LogP contribution is 2.30. The highest BCUT2D eigenvalue weighted by Gasteiger charge is 2.44. The quantitative estimate of drug-likeness (QED) is 0.247. The molecule has 15 heavy (non-hydrogen) atoms. The average Bonchev–Trinajstić information content (AvgIpc) is 2.27. The van der Waals surface area contributed by atoms with E-state index < -0.39 is 0 Å². The van der Waals surface area contributed by atoms with Crippen molar-refractivity contribution in [3.05, 3.63) is 0 Å². The Bertz CT molecular complexity index is 200. The summed E-state index contributed by atoms with van der Waals surface area (Å²) in [6, 6.07) is 0. The number of hydrogen-bond donors (Lipinski definition) is 0. The van der Waals surface area contributed by atoms with Crippen molar-refractivity contribution < 1.29 is 4.48 Å². The second-order valence-electron chi connectivity index (χ2n) is 5.19. The SMILES string of the molecule is CCCCCC[N+]12CCN(CC1)CC2I. The largest absolute Gasteiger partial charge is 0.310 e. The monoisotopic (exact) mass is 323 g/mol. The van der Waals surface area contributed by atoms with E-state index in [1.807, 2.05) is 0 Å². The number of hydrogen-bond acceptors (Lipinski definition) is 1. The van der Waals surface area contributed by atoms with Gasteiger partial charge in [-0.2, -0.15) is 0 Å². The zero-order chi connectivity index (χ0) is 10.7. The molecule has 3 fully saturated rings. The summed E-state index contributed by atoms with van der Waals surface area (Å²) < 4.78 is 2.30. The molecule has 0 N–H and O–H groups in total. The van der Waals surface area contributed by atoms with Gasteiger partial charge < -0.3 is 4.48 Å². The van der Waals surface area contributed by atoms with Gasteiger partial charge in [-0.1, -0.05) is 19.8 Å². The summed E-state index contributed by atoms with van der Waals surface area (Å²) in [4.78, 5) is 2.64. The topological polar surface area (TPSA) is 3.24 Å². The summed E-state index contributed by atoms with van der Waals surface area (Å²) in [5.41, 5.74) is 0. The van der Waals surface area contributed by atoms with Crippen LogP contribution in [0.25, 0.3) is 0 Å². The van der Waals surface area contributed by atoms with Gasteiger partial charge in [-0.05, 0) is 35.4 Å². The summed E-state index contributed by atoms with van der Waals surface area (Å²) in [6.07, 6.45) is 5.69. The van der Waals surface area contributed by atoms with Gasteiger partial charge in [0.2, 0.25) is 0 Å². The average molecular weight is 323 g/mol. The normalized spacial score (nSPS) is 39.6. The lowest BCUT2D eigenvalue weighted by Gasteiger charge is -2.54. The van der Waals surface area contributed by atoms with Gasteiger partial charge in [-0.25, -0.2) is 0 Å². The van der Waals surface area contributed by atoms with Crippen LogP contribution in [0.1, 0.15) is 32.6 Å². The van der Waals surface area contributed by atoms with Crippen molar-refractivity contribution in [2.75, 3.05) is 39.3 Å². The number of rotatable bonds is 5. The van der Waals surface area contributed by atoms with E-state index in [2.05, 4.69) is 34.4 Å². The van der Waals surface area contributed by atoms with E-state index in [-0.39, 0.29) is 0 Å². The molecular formula is C12H24IN2+. The van der Waals surface area contributed by atoms with Gasteiger partial charge in [-0.15, -0.1) is 0 Å². The van der Waals surface area contributed by atoms with Crippen molar-refractivity contribution in [3.63, 3.8) is 0 Å². The van der Waals surface area contributed by atoms with Crippen LogP contribution in [-0.4, -0.2) is 52.7 Å². The molecule has 3 aliphatic heterocycles. The van der Waals surface area contributed by atoms with Crippen molar-refractivity contribution in [2.45, 2.75) is 36.7 Å². The fourth-order valence-electron chi connectivity index (χ4n) is 2.97. The van der Waals surface area contributed by atoms with E-state index >= 15 is 0 Å². The molecule has 3 heteroatoms. The summed E-state index contributed by atoms with van der Waals surface area (Å²) in [5, 5.41) is 0. The Hall–Kier alpha value is 0.650. The molecule has 2 nitrogen and oxygen atoms in total. The Balaban J connectivity index is 1.82. The third kappa shape index (κ3) is 2.67. The van der Waals surface area contributed by atoms with Crippen LogP contribution in [0.5, 0.6) is 0 Å². The van der Waals surface area contributed by atoms with Crippen LogP contribution in [0, 0.1) is 0 Å². The third-order valence-corrected chi connectivity index (χ3v) is 5.76. The summed E-state index contributed by atoms with van der Waals surface area (Å²) in [6.45, 7) is 10.6. The van der Waals surface area contributed by atoms with E-state index in [4.69, 9.17) is 0 Å². The van der Waals surface area contributed by atoms with Crippen LogP contribution in [0.3, 0.4) is 0 Å². The molecule has 3 heterocycles. The van der Waals surface area contributed by atoms with Gasteiger partial charge in [0.25, 0.3) is 0 Å². The van der Waals surface area contributed by atoms with Gasteiger partial charge in [0.05, 0.1) is 26.2 Å². The van der Waals surface area contributed by atoms with Crippen LogP contribution < -0.4 is 0 Å². The Morgan fingerprint density at radius 2 is 1.93 bits per heavy atom. The molecule has 3 saturated heterocycles. The summed E-state index contributed by atoms with van der Waals surface area (Å²) in [5.74, 6) is 0. The molecule has 1 unspecified atom stereocenters. The first kappa shape index (κ1) is 12.1. The van der Waals surface area contributed by atoms with Gasteiger partial charge in [0.1, 0.15) is 0 Å². The first-order chi connectivity index (χ1) is 7.27. The predicted molar refractivity (Wildman–Crippen MR) is 73.3 cm³/mol. The van der Waals surface area contributed by atoms with Crippen molar-refractivity contribution >= 4 is 22.6 Å². The van der Waals surface area contributed by atoms with Gasteiger partial charge >= 0.3 is 0 Å². The molecule has 0 amide bonds. The van der Waals surface area contributed by atoms with Crippen molar-refractivity contribution in [1.82, 2.24) is 4.90 Å². The Morgan fingerprint density at radius 3 is 2.53 bits per heavy atom. The maximum atomic E-state index is 2.69. The lowest BCUT2D eigenvalue weighted by molar-refractivity contribution is -0.946. The fourth-order valence-corrected chi connectivity index (χ4v) is 4.36. The molecule has 0 saturated carbocycles. The molecule has 3 rings (SSSR count). The number of halogens is 1. The molecule has 2 bridgehead atoms. The minimum atomic E-state index is 0.867. The lowest BCUT2D eigenvalue weighted by Crippen LogP contribution is -2.70. The standard InChI is InChI=1S/C12H24IN2/c1-2-3-4-5-8-15-9-6-14(7-10-15)11-12(15)13/h12H,2-11H2,1H3/q+1. The van der Waals surface area contributed by atoms with E-state index in [1.165, 1.54) is 69.4 Å². The number of unbranched alkanes of at least 4 members (excludes halogenated alkanes) is 3. The van der Waals surface area contributed by atoms with Gasteiger partial charge in [0.15, 0.2) is 4.05 Å². The first-order valence-corrected chi connectivity index (χ1v) is 7.73. The van der Waals surface area contributed by atoms with Crippen molar-refractivity contribution in [3.8, 4) is 0 Å². The maximum absolute atomic E-state index is 2.69. The van der Waals surface area contributed by atoms with E-state index in [1.54, 1.807) is 0 Å². The molecule has 1 atom stereocenters. The lowest BCUT2D eigenvalue weighted by atomic mass is 10.1. The number of fused-ring (bicyclic) bond motifs is 3. The Kier molecular flexibility index (Phi) is 4.30. The van der Waals surface area contributed by atoms with Crippen LogP contribution in [0.15, 0.2) is 0 Å². The molecule has 0 aromatic carbocycles. The molecule has 0 aromatic heterocycles. The minimum Gasteiger partial charge on any atom is -0.310 e. The van der Waals surface area contributed by atoms with Crippen LogP contribution in [0.2, 0.25) is 0 Å². The molecule has 0 aromatic rings. The van der Waals surface area contributed by atoms with Crippen LogP contribution >= 0.6 is 22.6 Å².